The standard InChI is InChI=1S/C8H11NS/c10-6-5-9-7-8-3-1-2-4-8/h1-4,7-8,10H,5-6H2. The first-order valence-electron chi connectivity index (χ1n) is 3.39. The highest BCUT2D eigenvalue weighted by molar-refractivity contribution is 7.80. The van der Waals surface area contributed by atoms with E-state index in [-0.39, 0.29) is 0 Å². The average Bonchev–Trinajstić information content (AvgIpc) is 2.41. The summed E-state index contributed by atoms with van der Waals surface area (Å²) in [5, 5.41) is 0. The van der Waals surface area contributed by atoms with Crippen molar-refractivity contribution in [3.63, 3.8) is 0 Å². The maximum absolute atomic E-state index is 4.17. The second-order valence-electron chi connectivity index (χ2n) is 2.13. The molecule has 0 atom stereocenters. The summed E-state index contributed by atoms with van der Waals surface area (Å²) in [4.78, 5) is 4.17. The number of thiol groups is 1. The molecule has 0 aromatic carbocycles. The number of aliphatic imine (C=N–C) groups is 1. The van der Waals surface area contributed by atoms with Crippen LogP contribution in [0.25, 0.3) is 0 Å². The second-order valence-corrected chi connectivity index (χ2v) is 2.57. The molecule has 0 spiro atoms. The molecule has 1 aliphatic carbocycles. The van der Waals surface area contributed by atoms with Crippen LogP contribution < -0.4 is 0 Å². The van der Waals surface area contributed by atoms with Gasteiger partial charge in [0.25, 0.3) is 0 Å². The molecular formula is C8H11NS. The third kappa shape index (κ3) is 2.40. The first-order chi connectivity index (χ1) is 4.93. The molecule has 1 aliphatic rings. The van der Waals surface area contributed by atoms with Gasteiger partial charge in [0, 0.05) is 24.4 Å². The van der Waals surface area contributed by atoms with Crippen LogP contribution in [0.2, 0.25) is 0 Å². The summed E-state index contributed by atoms with van der Waals surface area (Å²) in [6.07, 6.45) is 10.3. The maximum Gasteiger partial charge on any atom is 0.0473 e. The number of hydrogen-bond acceptors (Lipinski definition) is 2. The predicted molar refractivity (Wildman–Crippen MR) is 49.0 cm³/mol. The van der Waals surface area contributed by atoms with Gasteiger partial charge in [0.1, 0.15) is 0 Å². The Hall–Kier alpha value is -0.500. The lowest BCUT2D eigenvalue weighted by Gasteiger charge is -1.92. The molecule has 1 rings (SSSR count). The van der Waals surface area contributed by atoms with Crippen molar-refractivity contribution in [2.45, 2.75) is 0 Å². The maximum atomic E-state index is 4.17. The minimum Gasteiger partial charge on any atom is -0.296 e. The molecule has 0 amide bonds. The van der Waals surface area contributed by atoms with Crippen molar-refractivity contribution in [1.82, 2.24) is 0 Å². The van der Waals surface area contributed by atoms with E-state index in [0.717, 1.165) is 12.3 Å². The Kier molecular flexibility index (Phi) is 3.30. The highest BCUT2D eigenvalue weighted by Crippen LogP contribution is 2.04. The van der Waals surface area contributed by atoms with Crippen molar-refractivity contribution < 1.29 is 0 Å². The van der Waals surface area contributed by atoms with Gasteiger partial charge in [0.05, 0.1) is 0 Å². The molecule has 0 heterocycles. The minimum absolute atomic E-state index is 0.430. The van der Waals surface area contributed by atoms with E-state index in [1.165, 1.54) is 0 Å². The molecule has 0 aromatic rings. The van der Waals surface area contributed by atoms with Crippen molar-refractivity contribution in [1.29, 1.82) is 0 Å². The van der Waals surface area contributed by atoms with Gasteiger partial charge in [-0.25, -0.2) is 0 Å². The predicted octanol–water partition coefficient (Wildman–Crippen LogP) is 1.73. The van der Waals surface area contributed by atoms with Crippen molar-refractivity contribution in [3.8, 4) is 0 Å². The van der Waals surface area contributed by atoms with Gasteiger partial charge in [-0.05, 0) is 0 Å². The molecule has 0 saturated carbocycles. The average molecular weight is 153 g/mol. The van der Waals surface area contributed by atoms with Gasteiger partial charge < -0.3 is 0 Å². The van der Waals surface area contributed by atoms with Gasteiger partial charge in [-0.2, -0.15) is 12.6 Å². The number of allylic oxidation sites excluding steroid dienone is 4. The number of nitrogens with zero attached hydrogens (tertiary/aromatic N) is 1. The van der Waals surface area contributed by atoms with E-state index in [0.29, 0.717) is 5.92 Å². The zero-order valence-electron chi connectivity index (χ0n) is 5.77. The van der Waals surface area contributed by atoms with Crippen molar-refractivity contribution in [2.75, 3.05) is 12.3 Å². The minimum atomic E-state index is 0.430. The lowest BCUT2D eigenvalue weighted by Crippen LogP contribution is -1.91. The second kappa shape index (κ2) is 4.34. The summed E-state index contributed by atoms with van der Waals surface area (Å²) in [5.74, 6) is 1.26. The zero-order chi connectivity index (χ0) is 7.23. The topological polar surface area (TPSA) is 12.4 Å². The summed E-state index contributed by atoms with van der Waals surface area (Å²) in [7, 11) is 0. The molecule has 0 aromatic heterocycles. The Morgan fingerprint density at radius 3 is 2.70 bits per heavy atom. The lowest BCUT2D eigenvalue weighted by atomic mass is 10.2. The third-order valence-electron chi connectivity index (χ3n) is 1.28. The summed E-state index contributed by atoms with van der Waals surface area (Å²) < 4.78 is 0. The molecule has 0 aliphatic heterocycles. The fraction of sp³-hybridized carbons (Fsp3) is 0.375. The molecule has 54 valence electrons. The van der Waals surface area contributed by atoms with Crippen molar-refractivity contribution in [2.24, 2.45) is 10.9 Å². The highest BCUT2D eigenvalue weighted by atomic mass is 32.1. The number of rotatable bonds is 3. The van der Waals surface area contributed by atoms with E-state index in [2.05, 4.69) is 29.8 Å². The van der Waals surface area contributed by atoms with Gasteiger partial charge in [0.2, 0.25) is 0 Å². The van der Waals surface area contributed by atoms with E-state index in [1.54, 1.807) is 0 Å². The summed E-state index contributed by atoms with van der Waals surface area (Å²) in [6, 6.07) is 0. The van der Waals surface area contributed by atoms with E-state index in [9.17, 15) is 0 Å². The van der Waals surface area contributed by atoms with Crippen LogP contribution in [0.4, 0.5) is 0 Å². The first kappa shape index (κ1) is 7.61. The number of hydrogen-bond donors (Lipinski definition) is 1. The molecule has 0 fully saturated rings. The van der Waals surface area contributed by atoms with Gasteiger partial charge in [-0.1, -0.05) is 24.3 Å². The molecule has 0 saturated heterocycles. The summed E-state index contributed by atoms with van der Waals surface area (Å²) in [6.45, 7) is 0.821. The van der Waals surface area contributed by atoms with Crippen LogP contribution >= 0.6 is 12.6 Å². The molecule has 0 radical (unpaired) electrons. The summed E-state index contributed by atoms with van der Waals surface area (Å²) in [5.41, 5.74) is 0. The Bertz CT molecular complexity index is 158. The zero-order valence-corrected chi connectivity index (χ0v) is 6.67. The Balaban J connectivity index is 2.24. The van der Waals surface area contributed by atoms with Crippen LogP contribution in [0.15, 0.2) is 29.3 Å². The highest BCUT2D eigenvalue weighted by Gasteiger charge is 1.96. The molecular weight excluding hydrogens is 142 g/mol. The molecule has 2 heteroatoms. The molecule has 0 unspecified atom stereocenters. The third-order valence-corrected chi connectivity index (χ3v) is 1.48. The van der Waals surface area contributed by atoms with Crippen LogP contribution in [-0.4, -0.2) is 18.5 Å². The lowest BCUT2D eigenvalue weighted by molar-refractivity contribution is 1.11. The van der Waals surface area contributed by atoms with E-state index >= 15 is 0 Å². The van der Waals surface area contributed by atoms with Crippen LogP contribution in [0.1, 0.15) is 0 Å². The fourth-order valence-electron chi connectivity index (χ4n) is 0.802. The van der Waals surface area contributed by atoms with Crippen LogP contribution in [-0.2, 0) is 0 Å². The molecule has 1 nitrogen and oxygen atoms in total. The Labute approximate surface area is 67.0 Å². The van der Waals surface area contributed by atoms with Crippen LogP contribution in [0.5, 0.6) is 0 Å². The molecule has 0 bridgehead atoms. The van der Waals surface area contributed by atoms with Crippen LogP contribution in [0, 0.1) is 5.92 Å². The van der Waals surface area contributed by atoms with E-state index in [1.807, 2.05) is 18.4 Å². The monoisotopic (exact) mass is 153 g/mol. The van der Waals surface area contributed by atoms with Gasteiger partial charge in [-0.15, -0.1) is 0 Å². The SMILES string of the molecule is SCCN=CC1C=CC=C1. The van der Waals surface area contributed by atoms with Gasteiger partial charge >= 0.3 is 0 Å². The first-order valence-corrected chi connectivity index (χ1v) is 4.02. The van der Waals surface area contributed by atoms with Crippen LogP contribution in [0.3, 0.4) is 0 Å². The van der Waals surface area contributed by atoms with Gasteiger partial charge in [-0.3, -0.25) is 4.99 Å². The normalized spacial score (nSPS) is 17.7. The Morgan fingerprint density at radius 1 is 1.40 bits per heavy atom. The smallest absolute Gasteiger partial charge is 0.0473 e. The van der Waals surface area contributed by atoms with E-state index < -0.39 is 0 Å². The molecule has 0 N–H and O–H groups in total. The van der Waals surface area contributed by atoms with Gasteiger partial charge in [0.15, 0.2) is 0 Å². The van der Waals surface area contributed by atoms with Crippen molar-refractivity contribution in [3.05, 3.63) is 24.3 Å². The van der Waals surface area contributed by atoms with E-state index in [4.69, 9.17) is 0 Å². The molecule has 10 heavy (non-hydrogen) atoms. The summed E-state index contributed by atoms with van der Waals surface area (Å²) >= 11 is 4.05. The largest absolute Gasteiger partial charge is 0.296 e. The Morgan fingerprint density at radius 2 is 2.10 bits per heavy atom. The fourth-order valence-corrected chi connectivity index (χ4v) is 0.918. The van der Waals surface area contributed by atoms with Crippen molar-refractivity contribution >= 4 is 18.8 Å². The quantitative estimate of drug-likeness (QED) is 0.468.